The number of ether oxygens (including phenoxy) is 2. The number of benzene rings is 2. The number of methoxy groups -OCH3 is 1. The molecule has 1 fully saturated rings. The summed E-state index contributed by atoms with van der Waals surface area (Å²) < 4.78 is 12.4. The summed E-state index contributed by atoms with van der Waals surface area (Å²) in [4.78, 5) is 15.7. The Balaban J connectivity index is 1.59. The van der Waals surface area contributed by atoms with Crippen LogP contribution in [0.15, 0.2) is 44.4 Å². The van der Waals surface area contributed by atoms with Crippen LogP contribution in [0.1, 0.15) is 11.1 Å². The first-order valence-electron chi connectivity index (χ1n) is 10.4. The largest absolute Gasteiger partial charge is 0.496 e. The van der Waals surface area contributed by atoms with Gasteiger partial charge in [0.05, 0.1) is 36.7 Å². The molecule has 0 atom stereocenters. The van der Waals surface area contributed by atoms with Crippen LogP contribution in [0.3, 0.4) is 0 Å². The molecule has 0 amide bonds. The van der Waals surface area contributed by atoms with Crippen molar-refractivity contribution in [3.8, 4) is 5.75 Å². The topological polar surface area (TPSA) is 96.8 Å². The maximum Gasteiger partial charge on any atom is 0.250 e. The Labute approximate surface area is 219 Å². The van der Waals surface area contributed by atoms with Crippen LogP contribution in [0.5, 0.6) is 5.75 Å². The standard InChI is InChI=1S/C22H22Br2ClN7O2/c1-13-9-15(23)18(11-17(13)25)27-20-28-21(30-22(29-20)32-5-7-34-8-6-32)31-26-12-14-3-4-19(33-2)16(24)10-14/h3-4,9-12H,5-8H2,1-2H3,(H2,27,28,29,30,31)/b26-12+. The van der Waals surface area contributed by atoms with Crippen molar-refractivity contribution in [3.05, 3.63) is 55.4 Å². The van der Waals surface area contributed by atoms with Gasteiger partial charge in [-0.2, -0.15) is 20.1 Å². The summed E-state index contributed by atoms with van der Waals surface area (Å²) in [6.45, 7) is 4.54. The van der Waals surface area contributed by atoms with E-state index < -0.39 is 0 Å². The third kappa shape index (κ3) is 6.15. The van der Waals surface area contributed by atoms with Crippen LogP contribution in [-0.4, -0.2) is 54.6 Å². The van der Waals surface area contributed by atoms with E-state index in [4.69, 9.17) is 21.1 Å². The van der Waals surface area contributed by atoms with Crippen molar-refractivity contribution in [2.24, 2.45) is 5.10 Å². The number of morpholine rings is 1. The van der Waals surface area contributed by atoms with Crippen LogP contribution < -0.4 is 20.4 Å². The van der Waals surface area contributed by atoms with Crippen LogP contribution in [-0.2, 0) is 4.74 Å². The quantitative estimate of drug-likeness (QED) is 0.271. The summed E-state index contributed by atoms with van der Waals surface area (Å²) in [5.41, 5.74) is 5.49. The van der Waals surface area contributed by atoms with Crippen molar-refractivity contribution < 1.29 is 9.47 Å². The number of anilines is 4. The molecule has 2 heterocycles. The van der Waals surface area contributed by atoms with E-state index in [1.165, 1.54) is 0 Å². The van der Waals surface area contributed by atoms with E-state index in [0.29, 0.717) is 49.2 Å². The molecule has 3 aromatic rings. The number of hydrazone groups is 1. The molecule has 34 heavy (non-hydrogen) atoms. The number of nitrogens with zero attached hydrogens (tertiary/aromatic N) is 5. The number of hydrogen-bond acceptors (Lipinski definition) is 9. The molecule has 9 nitrogen and oxygen atoms in total. The average Bonchev–Trinajstić information content (AvgIpc) is 2.83. The number of halogens is 3. The molecule has 0 bridgehead atoms. The maximum atomic E-state index is 6.31. The Morgan fingerprint density at radius 2 is 1.85 bits per heavy atom. The molecule has 1 saturated heterocycles. The summed E-state index contributed by atoms with van der Waals surface area (Å²) in [6, 6.07) is 9.42. The van der Waals surface area contributed by atoms with E-state index in [-0.39, 0.29) is 0 Å². The van der Waals surface area contributed by atoms with Crippen molar-refractivity contribution in [2.45, 2.75) is 6.92 Å². The van der Waals surface area contributed by atoms with Gasteiger partial charge in [-0.3, -0.25) is 0 Å². The van der Waals surface area contributed by atoms with Crippen LogP contribution >= 0.6 is 43.5 Å². The molecular weight excluding hydrogens is 590 g/mol. The smallest absolute Gasteiger partial charge is 0.250 e. The third-order valence-corrected chi connectivity index (χ3v) is 6.65. The summed E-state index contributed by atoms with van der Waals surface area (Å²) in [5, 5.41) is 8.16. The van der Waals surface area contributed by atoms with E-state index in [9.17, 15) is 0 Å². The van der Waals surface area contributed by atoms with E-state index in [2.05, 4.69) is 62.7 Å². The van der Waals surface area contributed by atoms with Crippen molar-refractivity contribution in [3.63, 3.8) is 0 Å². The van der Waals surface area contributed by atoms with Crippen molar-refractivity contribution in [2.75, 3.05) is 49.1 Å². The lowest BCUT2D eigenvalue weighted by atomic mass is 10.2. The fourth-order valence-electron chi connectivity index (χ4n) is 3.17. The second kappa shape index (κ2) is 11.3. The zero-order valence-corrected chi connectivity index (χ0v) is 22.4. The molecule has 2 N–H and O–H groups in total. The number of aryl methyl sites for hydroxylation is 1. The molecule has 178 valence electrons. The Kier molecular flexibility index (Phi) is 8.19. The van der Waals surface area contributed by atoms with Crippen molar-refractivity contribution in [1.29, 1.82) is 0 Å². The molecule has 12 heteroatoms. The molecule has 0 unspecified atom stereocenters. The van der Waals surface area contributed by atoms with Gasteiger partial charge in [-0.25, -0.2) is 5.43 Å². The molecule has 0 radical (unpaired) electrons. The number of rotatable bonds is 7. The molecule has 0 saturated carbocycles. The first kappa shape index (κ1) is 24.6. The van der Waals surface area contributed by atoms with Gasteiger partial charge in [0.1, 0.15) is 5.75 Å². The van der Waals surface area contributed by atoms with Gasteiger partial charge in [-0.15, -0.1) is 0 Å². The SMILES string of the molecule is COc1ccc(/C=N/Nc2nc(Nc3cc(Cl)c(C)cc3Br)nc(N3CCOCC3)n2)cc1Br. The van der Waals surface area contributed by atoms with Gasteiger partial charge in [0, 0.05) is 22.6 Å². The van der Waals surface area contributed by atoms with Gasteiger partial charge in [0.15, 0.2) is 0 Å². The molecule has 1 aliphatic heterocycles. The van der Waals surface area contributed by atoms with E-state index in [1.807, 2.05) is 42.2 Å². The van der Waals surface area contributed by atoms with Crippen molar-refractivity contribution in [1.82, 2.24) is 15.0 Å². The Morgan fingerprint density at radius 1 is 1.09 bits per heavy atom. The maximum absolute atomic E-state index is 6.31. The number of hydrogen-bond donors (Lipinski definition) is 2. The lowest BCUT2D eigenvalue weighted by Gasteiger charge is -2.27. The lowest BCUT2D eigenvalue weighted by molar-refractivity contribution is 0.122. The number of nitrogens with one attached hydrogen (secondary N) is 2. The van der Waals surface area contributed by atoms with E-state index in [1.54, 1.807) is 13.3 Å². The Bertz CT molecular complexity index is 1210. The van der Waals surface area contributed by atoms with Gasteiger partial charge < -0.3 is 19.7 Å². The minimum Gasteiger partial charge on any atom is -0.496 e. The summed E-state index contributed by atoms with van der Waals surface area (Å²) in [5.74, 6) is 1.94. The predicted octanol–water partition coefficient (Wildman–Crippen LogP) is 5.39. The Hall–Kier alpha value is -2.47. The van der Waals surface area contributed by atoms with Gasteiger partial charge >= 0.3 is 0 Å². The lowest BCUT2D eigenvalue weighted by Crippen LogP contribution is -2.37. The van der Waals surface area contributed by atoms with E-state index in [0.717, 1.165) is 31.5 Å². The second-order valence-electron chi connectivity index (χ2n) is 7.35. The highest BCUT2D eigenvalue weighted by Crippen LogP contribution is 2.31. The van der Waals surface area contributed by atoms with Gasteiger partial charge in [0.25, 0.3) is 0 Å². The molecule has 1 aromatic heterocycles. The summed E-state index contributed by atoms with van der Waals surface area (Å²) in [6.07, 6.45) is 1.67. The van der Waals surface area contributed by atoms with Crippen molar-refractivity contribution >= 4 is 73.2 Å². The van der Waals surface area contributed by atoms with Gasteiger partial charge in [-0.05, 0) is 80.2 Å². The number of aromatic nitrogens is 3. The first-order valence-corrected chi connectivity index (χ1v) is 12.3. The first-order chi connectivity index (χ1) is 16.4. The molecule has 0 aliphatic carbocycles. The summed E-state index contributed by atoms with van der Waals surface area (Å²) in [7, 11) is 1.62. The van der Waals surface area contributed by atoms with Gasteiger partial charge in [0.2, 0.25) is 17.8 Å². The minimum absolute atomic E-state index is 0.303. The highest BCUT2D eigenvalue weighted by molar-refractivity contribution is 9.11. The van der Waals surface area contributed by atoms with E-state index >= 15 is 0 Å². The molecule has 0 spiro atoms. The van der Waals surface area contributed by atoms with Crippen LogP contribution in [0.4, 0.5) is 23.5 Å². The zero-order valence-electron chi connectivity index (χ0n) is 18.5. The Morgan fingerprint density at radius 3 is 2.59 bits per heavy atom. The average molecular weight is 612 g/mol. The van der Waals surface area contributed by atoms with Gasteiger partial charge in [-0.1, -0.05) is 11.6 Å². The monoisotopic (exact) mass is 609 g/mol. The fraction of sp³-hybridized carbons (Fsp3) is 0.273. The highest BCUT2D eigenvalue weighted by atomic mass is 79.9. The van der Waals surface area contributed by atoms with Crippen LogP contribution in [0.2, 0.25) is 5.02 Å². The normalized spacial score (nSPS) is 13.9. The molecule has 2 aromatic carbocycles. The third-order valence-electron chi connectivity index (χ3n) is 4.97. The summed E-state index contributed by atoms with van der Waals surface area (Å²) >= 11 is 13.4. The fourth-order valence-corrected chi connectivity index (χ4v) is 4.44. The van der Waals surface area contributed by atoms with Crippen LogP contribution in [0, 0.1) is 6.92 Å². The molecule has 4 rings (SSSR count). The highest BCUT2D eigenvalue weighted by Gasteiger charge is 2.17. The zero-order chi connectivity index (χ0) is 24.1. The van der Waals surface area contributed by atoms with Crippen LogP contribution in [0.25, 0.3) is 0 Å². The second-order valence-corrected chi connectivity index (χ2v) is 9.47. The predicted molar refractivity (Wildman–Crippen MR) is 142 cm³/mol. The molecule has 1 aliphatic rings. The minimum atomic E-state index is 0.303. The molecular formula is C22H22Br2ClN7O2.